The van der Waals surface area contributed by atoms with E-state index in [0.717, 1.165) is 44.3 Å². The van der Waals surface area contributed by atoms with Gasteiger partial charge in [-0.3, -0.25) is 9.59 Å². The molecule has 2 aromatic rings. The predicted molar refractivity (Wildman–Crippen MR) is 116 cm³/mol. The van der Waals surface area contributed by atoms with Gasteiger partial charge in [0.05, 0.1) is 0 Å². The maximum atomic E-state index is 12.8. The van der Waals surface area contributed by atoms with Crippen LogP contribution < -0.4 is 20.1 Å². The topological polar surface area (TPSA) is 85.9 Å². The molecule has 2 heterocycles. The van der Waals surface area contributed by atoms with E-state index in [9.17, 15) is 9.59 Å². The lowest BCUT2D eigenvalue weighted by molar-refractivity contribution is -0.124. The van der Waals surface area contributed by atoms with Crippen LogP contribution in [0.25, 0.3) is 0 Å². The third-order valence-corrected chi connectivity index (χ3v) is 6.02. The van der Waals surface area contributed by atoms with Gasteiger partial charge in [-0.05, 0) is 56.0 Å². The van der Waals surface area contributed by atoms with Crippen molar-refractivity contribution in [2.75, 3.05) is 17.2 Å². The highest BCUT2D eigenvalue weighted by Gasteiger charge is 2.42. The molecule has 2 amide bonds. The molecule has 1 aliphatic carbocycles. The number of anilines is 2. The smallest absolute Gasteiger partial charge is 0.255 e. The molecule has 1 saturated heterocycles. The zero-order chi connectivity index (χ0) is 21.3. The van der Waals surface area contributed by atoms with Gasteiger partial charge in [-0.15, -0.1) is 0 Å². The standard InChI is InChI=1S/C24H26N2O5/c27-22(16-6-4-7-17(14-16)26-23(28)20-8-5-13-29-20)25-18-9-10-19-21(15-18)31-24(30-19)11-2-1-3-12-24/h4,6-7,9-10,14-15,20H,1-3,5,8,11-13H2,(H,25,27)(H,26,28). The van der Waals surface area contributed by atoms with Crippen molar-refractivity contribution in [2.24, 2.45) is 0 Å². The molecule has 0 radical (unpaired) electrons. The highest BCUT2D eigenvalue weighted by Crippen LogP contribution is 2.46. The van der Waals surface area contributed by atoms with E-state index in [1.807, 2.05) is 12.1 Å². The largest absolute Gasteiger partial charge is 0.448 e. The van der Waals surface area contributed by atoms with Gasteiger partial charge in [0.15, 0.2) is 11.5 Å². The van der Waals surface area contributed by atoms with Crippen molar-refractivity contribution in [1.29, 1.82) is 0 Å². The van der Waals surface area contributed by atoms with Gasteiger partial charge in [0.25, 0.3) is 17.6 Å². The van der Waals surface area contributed by atoms with Crippen molar-refractivity contribution < 1.29 is 23.8 Å². The van der Waals surface area contributed by atoms with Gasteiger partial charge in [-0.1, -0.05) is 12.5 Å². The van der Waals surface area contributed by atoms with Gasteiger partial charge in [0.2, 0.25) is 0 Å². The molecule has 2 fully saturated rings. The number of fused-ring (bicyclic) bond motifs is 1. The van der Waals surface area contributed by atoms with Crippen LogP contribution in [0.2, 0.25) is 0 Å². The first-order valence-corrected chi connectivity index (χ1v) is 11.0. The second-order valence-corrected chi connectivity index (χ2v) is 8.36. The Morgan fingerprint density at radius 3 is 2.48 bits per heavy atom. The van der Waals surface area contributed by atoms with Crippen LogP contribution in [0.15, 0.2) is 42.5 Å². The second-order valence-electron chi connectivity index (χ2n) is 8.36. The zero-order valence-electron chi connectivity index (χ0n) is 17.3. The van der Waals surface area contributed by atoms with Crippen molar-refractivity contribution in [1.82, 2.24) is 0 Å². The Morgan fingerprint density at radius 2 is 1.68 bits per heavy atom. The molecule has 3 aliphatic rings. The SMILES string of the molecule is O=C(Nc1ccc2c(c1)OC1(CCCCC1)O2)c1cccc(NC(=O)C2CCCO2)c1. The summed E-state index contributed by atoms with van der Waals surface area (Å²) in [5.74, 6) is 0.400. The first-order valence-electron chi connectivity index (χ1n) is 11.0. The van der Waals surface area contributed by atoms with E-state index in [-0.39, 0.29) is 11.8 Å². The number of benzene rings is 2. The molecular weight excluding hydrogens is 396 g/mol. The maximum absolute atomic E-state index is 12.8. The van der Waals surface area contributed by atoms with E-state index in [1.54, 1.807) is 30.3 Å². The molecule has 2 aromatic carbocycles. The average Bonchev–Trinajstić information content (AvgIpc) is 3.42. The maximum Gasteiger partial charge on any atom is 0.255 e. The normalized spacial score (nSPS) is 21.1. The summed E-state index contributed by atoms with van der Waals surface area (Å²) in [5, 5.41) is 5.73. The molecule has 1 saturated carbocycles. The van der Waals surface area contributed by atoms with Gasteiger partial charge in [-0.2, -0.15) is 0 Å². The van der Waals surface area contributed by atoms with Crippen LogP contribution in [0.3, 0.4) is 0 Å². The minimum atomic E-state index is -0.543. The number of hydrogen-bond acceptors (Lipinski definition) is 5. The zero-order valence-corrected chi connectivity index (χ0v) is 17.3. The number of hydrogen-bond donors (Lipinski definition) is 2. The third kappa shape index (κ3) is 4.23. The van der Waals surface area contributed by atoms with E-state index in [0.29, 0.717) is 29.3 Å². The Kier molecular flexibility index (Phi) is 5.28. The summed E-state index contributed by atoms with van der Waals surface area (Å²) in [6, 6.07) is 12.3. The molecule has 31 heavy (non-hydrogen) atoms. The lowest BCUT2D eigenvalue weighted by Crippen LogP contribution is -2.40. The number of carbonyl (C=O) groups excluding carboxylic acids is 2. The summed E-state index contributed by atoms with van der Waals surface area (Å²) in [5.41, 5.74) is 1.65. The van der Waals surface area contributed by atoms with Crippen LogP contribution in [0, 0.1) is 0 Å². The molecule has 2 N–H and O–H groups in total. The molecule has 1 spiro atoms. The molecule has 1 atom stereocenters. The highest BCUT2D eigenvalue weighted by atomic mass is 16.7. The Morgan fingerprint density at radius 1 is 0.871 bits per heavy atom. The van der Waals surface area contributed by atoms with Crippen molar-refractivity contribution in [2.45, 2.75) is 56.8 Å². The van der Waals surface area contributed by atoms with Crippen LogP contribution in [-0.2, 0) is 9.53 Å². The Hall–Kier alpha value is -3.06. The molecule has 7 nitrogen and oxygen atoms in total. The Balaban J connectivity index is 1.25. The number of carbonyl (C=O) groups is 2. The monoisotopic (exact) mass is 422 g/mol. The quantitative estimate of drug-likeness (QED) is 0.758. The highest BCUT2D eigenvalue weighted by molar-refractivity contribution is 6.05. The molecule has 5 rings (SSSR count). The van der Waals surface area contributed by atoms with E-state index in [4.69, 9.17) is 14.2 Å². The van der Waals surface area contributed by atoms with Crippen LogP contribution in [0.5, 0.6) is 11.5 Å². The van der Waals surface area contributed by atoms with Crippen molar-refractivity contribution in [3.05, 3.63) is 48.0 Å². The summed E-state index contributed by atoms with van der Waals surface area (Å²) in [6.45, 7) is 0.608. The molecule has 162 valence electrons. The molecule has 2 aliphatic heterocycles. The molecular formula is C24H26N2O5. The molecule has 7 heteroatoms. The first-order chi connectivity index (χ1) is 15.1. The number of ether oxygens (including phenoxy) is 3. The van der Waals surface area contributed by atoms with Gasteiger partial charge >= 0.3 is 0 Å². The summed E-state index contributed by atoms with van der Waals surface area (Å²) in [7, 11) is 0. The van der Waals surface area contributed by atoms with Crippen LogP contribution in [0.1, 0.15) is 55.3 Å². The summed E-state index contributed by atoms with van der Waals surface area (Å²) < 4.78 is 17.6. The average molecular weight is 422 g/mol. The minimum absolute atomic E-state index is 0.178. The Bertz CT molecular complexity index is 993. The van der Waals surface area contributed by atoms with Crippen LogP contribution in [0.4, 0.5) is 11.4 Å². The summed E-state index contributed by atoms with van der Waals surface area (Å²) in [6.07, 6.45) is 6.35. The number of rotatable bonds is 4. The second kappa shape index (κ2) is 8.23. The van der Waals surface area contributed by atoms with Gasteiger partial charge < -0.3 is 24.8 Å². The Labute approximate surface area is 181 Å². The fraction of sp³-hybridized carbons (Fsp3) is 0.417. The van der Waals surface area contributed by atoms with E-state index in [2.05, 4.69) is 10.6 Å². The van der Waals surface area contributed by atoms with Gasteiger partial charge in [-0.25, -0.2) is 0 Å². The fourth-order valence-electron chi connectivity index (χ4n) is 4.41. The van der Waals surface area contributed by atoms with Crippen molar-refractivity contribution >= 4 is 23.2 Å². The van der Waals surface area contributed by atoms with E-state index in [1.165, 1.54) is 6.42 Å². The number of nitrogens with one attached hydrogen (secondary N) is 2. The van der Waals surface area contributed by atoms with Gasteiger partial charge in [0.1, 0.15) is 6.10 Å². The summed E-state index contributed by atoms with van der Waals surface area (Å²) >= 11 is 0. The summed E-state index contributed by atoms with van der Waals surface area (Å²) in [4.78, 5) is 25.0. The lowest BCUT2D eigenvalue weighted by Gasteiger charge is -2.31. The fourth-order valence-corrected chi connectivity index (χ4v) is 4.41. The van der Waals surface area contributed by atoms with Gasteiger partial charge in [0, 0.05) is 42.5 Å². The molecule has 0 bridgehead atoms. The van der Waals surface area contributed by atoms with Crippen LogP contribution >= 0.6 is 0 Å². The van der Waals surface area contributed by atoms with Crippen molar-refractivity contribution in [3.63, 3.8) is 0 Å². The van der Waals surface area contributed by atoms with Crippen LogP contribution in [-0.4, -0.2) is 30.3 Å². The van der Waals surface area contributed by atoms with E-state index < -0.39 is 11.9 Å². The third-order valence-electron chi connectivity index (χ3n) is 6.02. The molecule has 1 unspecified atom stereocenters. The van der Waals surface area contributed by atoms with E-state index >= 15 is 0 Å². The predicted octanol–water partition coefficient (Wildman–Crippen LogP) is 4.49. The minimum Gasteiger partial charge on any atom is -0.448 e. The lowest BCUT2D eigenvalue weighted by atomic mass is 9.94. The molecule has 0 aromatic heterocycles. The van der Waals surface area contributed by atoms with Crippen molar-refractivity contribution in [3.8, 4) is 11.5 Å². The number of amides is 2. The first kappa shape index (κ1) is 19.9.